The molecule has 9 heteroatoms. The Kier molecular flexibility index (Phi) is 4.25. The summed E-state index contributed by atoms with van der Waals surface area (Å²) in [6.07, 6.45) is 1.55. The van der Waals surface area contributed by atoms with Gasteiger partial charge in [0.2, 0.25) is 0 Å². The Labute approximate surface area is 141 Å². The first-order chi connectivity index (χ1) is 11.4. The number of amides is 2. The molecule has 130 valence electrons. The van der Waals surface area contributed by atoms with E-state index in [0.29, 0.717) is 38.2 Å². The molecule has 2 aromatic rings. The molecule has 0 atom stereocenters. The van der Waals surface area contributed by atoms with Crippen LogP contribution in [-0.4, -0.2) is 67.6 Å². The summed E-state index contributed by atoms with van der Waals surface area (Å²) < 4.78 is 1.76. The zero-order valence-electron chi connectivity index (χ0n) is 14.7. The van der Waals surface area contributed by atoms with Gasteiger partial charge in [0.05, 0.1) is 0 Å². The second-order valence-electron chi connectivity index (χ2n) is 6.93. The highest BCUT2D eigenvalue weighted by molar-refractivity contribution is 5.83. The van der Waals surface area contributed by atoms with Crippen LogP contribution in [0.3, 0.4) is 0 Å². The van der Waals surface area contributed by atoms with Crippen molar-refractivity contribution in [1.82, 2.24) is 35.2 Å². The number of nitrogens with zero attached hydrogens (tertiary/aromatic N) is 7. The fourth-order valence-corrected chi connectivity index (χ4v) is 2.75. The maximum Gasteiger partial charge on any atom is 0.317 e. The molecular weight excluding hydrogens is 308 g/mol. The first kappa shape index (κ1) is 16.4. The molecule has 2 aromatic heterocycles. The molecule has 1 aliphatic rings. The third-order valence-electron chi connectivity index (χ3n) is 3.93. The maximum absolute atomic E-state index is 12.3. The van der Waals surface area contributed by atoms with Crippen LogP contribution < -0.4 is 10.2 Å². The first-order valence-corrected chi connectivity index (χ1v) is 8.25. The highest BCUT2D eigenvalue weighted by atomic mass is 16.2. The predicted octanol–water partition coefficient (Wildman–Crippen LogP) is 0.871. The molecule has 9 nitrogen and oxygen atoms in total. The molecule has 1 saturated heterocycles. The van der Waals surface area contributed by atoms with Crippen LogP contribution in [0.5, 0.6) is 0 Å². The van der Waals surface area contributed by atoms with Crippen molar-refractivity contribution in [3.63, 3.8) is 0 Å². The Morgan fingerprint density at radius 2 is 1.92 bits per heavy atom. The first-order valence-electron chi connectivity index (χ1n) is 8.25. The van der Waals surface area contributed by atoms with Gasteiger partial charge in [-0.15, -0.1) is 5.10 Å². The van der Waals surface area contributed by atoms with Gasteiger partial charge in [-0.05, 0) is 27.7 Å². The van der Waals surface area contributed by atoms with Gasteiger partial charge < -0.3 is 15.1 Å². The lowest BCUT2D eigenvalue weighted by Gasteiger charge is -2.36. The minimum Gasteiger partial charge on any atom is -0.351 e. The quantitative estimate of drug-likeness (QED) is 0.877. The average molecular weight is 332 g/mol. The van der Waals surface area contributed by atoms with Crippen LogP contribution in [0.25, 0.3) is 11.2 Å². The highest BCUT2D eigenvalue weighted by Gasteiger charge is 2.26. The standard InChI is InChI=1S/C15H24N8O/c1-5-23-13-11(19-20-23)12(16-10-17-13)21-6-8-22(9-7-21)14(24)18-15(2,3)4/h10H,5-9H2,1-4H3,(H,18,24). The molecule has 1 aliphatic heterocycles. The molecule has 3 heterocycles. The second-order valence-corrected chi connectivity index (χ2v) is 6.93. The second kappa shape index (κ2) is 6.21. The van der Waals surface area contributed by atoms with Crippen molar-refractivity contribution in [3.05, 3.63) is 6.33 Å². The number of hydrogen-bond donors (Lipinski definition) is 1. The molecule has 0 unspecified atom stereocenters. The summed E-state index contributed by atoms with van der Waals surface area (Å²) in [6.45, 7) is 11.4. The Morgan fingerprint density at radius 1 is 1.21 bits per heavy atom. The third-order valence-corrected chi connectivity index (χ3v) is 3.93. The summed E-state index contributed by atoms with van der Waals surface area (Å²) in [5, 5.41) is 11.3. The summed E-state index contributed by atoms with van der Waals surface area (Å²) in [5.41, 5.74) is 1.23. The van der Waals surface area contributed by atoms with Gasteiger partial charge in [-0.25, -0.2) is 19.4 Å². The van der Waals surface area contributed by atoms with E-state index in [1.54, 1.807) is 11.0 Å². The Morgan fingerprint density at radius 3 is 2.54 bits per heavy atom. The monoisotopic (exact) mass is 332 g/mol. The summed E-state index contributed by atoms with van der Waals surface area (Å²) in [7, 11) is 0. The van der Waals surface area contributed by atoms with Gasteiger partial charge in [0.15, 0.2) is 17.0 Å². The van der Waals surface area contributed by atoms with Gasteiger partial charge in [0.25, 0.3) is 0 Å². The number of aryl methyl sites for hydroxylation is 1. The van der Waals surface area contributed by atoms with E-state index in [4.69, 9.17) is 0 Å². The van der Waals surface area contributed by atoms with Gasteiger partial charge in [-0.3, -0.25) is 0 Å². The molecule has 0 aliphatic carbocycles. The highest BCUT2D eigenvalue weighted by Crippen LogP contribution is 2.21. The number of carbonyl (C=O) groups excluding carboxylic acids is 1. The minimum atomic E-state index is -0.230. The van der Waals surface area contributed by atoms with E-state index >= 15 is 0 Å². The molecule has 1 N–H and O–H groups in total. The summed E-state index contributed by atoms with van der Waals surface area (Å²) in [6, 6.07) is -0.0214. The van der Waals surface area contributed by atoms with Gasteiger partial charge in [-0.1, -0.05) is 5.21 Å². The zero-order chi connectivity index (χ0) is 17.3. The molecular formula is C15H24N8O. The maximum atomic E-state index is 12.3. The van der Waals surface area contributed by atoms with Crippen molar-refractivity contribution in [2.45, 2.75) is 39.8 Å². The smallest absolute Gasteiger partial charge is 0.317 e. The number of nitrogens with one attached hydrogen (secondary N) is 1. The fourth-order valence-electron chi connectivity index (χ4n) is 2.75. The summed E-state index contributed by atoms with van der Waals surface area (Å²) in [5.74, 6) is 0.788. The van der Waals surface area contributed by atoms with Gasteiger partial charge in [-0.2, -0.15) is 0 Å². The Hall–Kier alpha value is -2.45. The number of aromatic nitrogens is 5. The lowest BCUT2D eigenvalue weighted by molar-refractivity contribution is 0.185. The molecule has 0 bridgehead atoms. The number of urea groups is 1. The molecule has 24 heavy (non-hydrogen) atoms. The largest absolute Gasteiger partial charge is 0.351 e. The van der Waals surface area contributed by atoms with Crippen LogP contribution in [0.1, 0.15) is 27.7 Å². The molecule has 0 spiro atoms. The van der Waals surface area contributed by atoms with Crippen LogP contribution in [0.2, 0.25) is 0 Å². The minimum absolute atomic E-state index is 0.0214. The molecule has 1 fully saturated rings. The van der Waals surface area contributed by atoms with Crippen molar-refractivity contribution in [2.75, 3.05) is 31.1 Å². The van der Waals surface area contributed by atoms with Gasteiger partial charge in [0.1, 0.15) is 6.33 Å². The fraction of sp³-hybridized carbons (Fsp3) is 0.667. The van der Waals surface area contributed by atoms with Crippen molar-refractivity contribution < 1.29 is 4.79 Å². The van der Waals surface area contributed by atoms with E-state index in [1.807, 2.05) is 32.6 Å². The Bertz CT molecular complexity index is 727. The van der Waals surface area contributed by atoms with Crippen molar-refractivity contribution in [1.29, 1.82) is 0 Å². The van der Waals surface area contributed by atoms with E-state index in [1.165, 1.54) is 0 Å². The number of hydrogen-bond acceptors (Lipinski definition) is 6. The van der Waals surface area contributed by atoms with Crippen molar-refractivity contribution >= 4 is 23.0 Å². The zero-order valence-corrected chi connectivity index (χ0v) is 14.7. The van der Waals surface area contributed by atoms with E-state index in [0.717, 1.165) is 11.5 Å². The third kappa shape index (κ3) is 3.24. The van der Waals surface area contributed by atoms with E-state index in [2.05, 4.69) is 30.5 Å². The molecule has 0 saturated carbocycles. The van der Waals surface area contributed by atoms with Crippen molar-refractivity contribution in [3.8, 4) is 0 Å². The normalized spacial score (nSPS) is 15.8. The number of carbonyl (C=O) groups is 1. The lowest BCUT2D eigenvalue weighted by atomic mass is 10.1. The van der Waals surface area contributed by atoms with E-state index in [9.17, 15) is 4.79 Å². The van der Waals surface area contributed by atoms with E-state index in [-0.39, 0.29) is 11.6 Å². The Balaban J connectivity index is 1.71. The number of piperazine rings is 1. The van der Waals surface area contributed by atoms with Crippen LogP contribution in [0, 0.1) is 0 Å². The van der Waals surface area contributed by atoms with Crippen LogP contribution in [-0.2, 0) is 6.54 Å². The predicted molar refractivity (Wildman–Crippen MR) is 90.9 cm³/mol. The SMILES string of the molecule is CCn1nnc2c(N3CCN(C(=O)NC(C)(C)C)CC3)ncnc21. The van der Waals surface area contributed by atoms with Crippen molar-refractivity contribution in [2.24, 2.45) is 0 Å². The topological polar surface area (TPSA) is 92.1 Å². The van der Waals surface area contributed by atoms with E-state index < -0.39 is 0 Å². The summed E-state index contributed by atoms with van der Waals surface area (Å²) in [4.78, 5) is 24.9. The molecule has 3 rings (SSSR count). The van der Waals surface area contributed by atoms with Gasteiger partial charge in [0, 0.05) is 38.3 Å². The summed E-state index contributed by atoms with van der Waals surface area (Å²) >= 11 is 0. The average Bonchev–Trinajstić information content (AvgIpc) is 2.96. The lowest BCUT2D eigenvalue weighted by Crippen LogP contribution is -2.55. The molecule has 0 radical (unpaired) electrons. The number of anilines is 1. The molecule has 2 amide bonds. The number of rotatable bonds is 2. The van der Waals surface area contributed by atoms with Crippen LogP contribution in [0.15, 0.2) is 6.33 Å². The van der Waals surface area contributed by atoms with Gasteiger partial charge >= 0.3 is 6.03 Å². The van der Waals surface area contributed by atoms with Crippen LogP contribution in [0.4, 0.5) is 10.6 Å². The number of fused-ring (bicyclic) bond motifs is 1. The molecule has 0 aromatic carbocycles. The van der Waals surface area contributed by atoms with Crippen LogP contribution >= 0.6 is 0 Å².